The number of methoxy groups -OCH3 is 2. The highest BCUT2D eigenvalue weighted by molar-refractivity contribution is 5.91. The molecule has 30 heteroatoms. The fourth-order valence-electron chi connectivity index (χ4n) is 13.2. The van der Waals surface area contributed by atoms with Gasteiger partial charge in [0, 0.05) is 87.2 Å². The minimum absolute atomic E-state index is 0.0272. The van der Waals surface area contributed by atoms with Gasteiger partial charge >= 0.3 is 11.9 Å². The summed E-state index contributed by atoms with van der Waals surface area (Å²) in [5.41, 5.74) is 15.4. The molecule has 2 saturated carbocycles. The number of aliphatic carboxylic acids is 1. The number of allylic oxidation sites excluding steroid dienone is 1. The van der Waals surface area contributed by atoms with Crippen molar-refractivity contribution in [1.82, 2.24) is 81.0 Å². The second-order valence-corrected chi connectivity index (χ2v) is 27.1. The first-order chi connectivity index (χ1) is 48.6. The molecular weight excluding hydrogens is 1280 g/mol. The summed E-state index contributed by atoms with van der Waals surface area (Å²) in [6.07, 6.45) is 26.1. The van der Waals surface area contributed by atoms with Crippen LogP contribution in [-0.2, 0) is 54.8 Å². The summed E-state index contributed by atoms with van der Waals surface area (Å²) < 4.78 is 20.2. The van der Waals surface area contributed by atoms with Crippen LogP contribution in [0.3, 0.4) is 0 Å². The van der Waals surface area contributed by atoms with E-state index in [9.17, 15) is 24.3 Å². The van der Waals surface area contributed by atoms with Crippen LogP contribution in [0.4, 0.5) is 23.5 Å². The van der Waals surface area contributed by atoms with Gasteiger partial charge in [-0.2, -0.15) is 9.97 Å². The lowest BCUT2D eigenvalue weighted by molar-refractivity contribution is -0.143. The Morgan fingerprint density at radius 1 is 0.640 bits per heavy atom. The number of likely N-dealkylation sites (tertiary alicyclic amines) is 2. The zero-order chi connectivity index (χ0) is 70.4. The van der Waals surface area contributed by atoms with E-state index in [4.69, 9.17) is 45.6 Å². The van der Waals surface area contributed by atoms with E-state index >= 15 is 0 Å². The molecule has 548 valence electrons. The van der Waals surface area contributed by atoms with Crippen molar-refractivity contribution in [3.05, 3.63) is 71.7 Å². The number of fused-ring (bicyclic) bond motifs is 1. The second-order valence-electron chi connectivity index (χ2n) is 27.1. The highest BCUT2D eigenvalue weighted by Crippen LogP contribution is 2.32. The molecule has 0 unspecified atom stereocenters. The zero-order valence-corrected chi connectivity index (χ0v) is 59.1. The molecule has 2 atom stereocenters. The Morgan fingerprint density at radius 3 is 1.75 bits per heavy atom. The molecule has 4 fully saturated rings. The largest absolute Gasteiger partial charge is 0.497 e. The number of hydrogen-bond acceptors (Lipinski definition) is 25. The van der Waals surface area contributed by atoms with E-state index in [0.29, 0.717) is 112 Å². The maximum Gasteiger partial charge on any atom is 0.322 e. The average molecular weight is 1390 g/mol. The highest BCUT2D eigenvalue weighted by Gasteiger charge is 2.28. The molecule has 2 saturated heterocycles. The third-order valence-corrected chi connectivity index (χ3v) is 19.4. The number of carboxylic acid groups (broad SMARTS) is 1. The Morgan fingerprint density at radius 2 is 1.18 bits per heavy atom. The number of aryl methyl sites for hydroxylation is 2. The topological polar surface area (TPSA) is 384 Å². The number of rotatable bonds is 42. The van der Waals surface area contributed by atoms with Crippen LogP contribution < -0.4 is 58.7 Å². The first-order valence-corrected chi connectivity index (χ1v) is 36.4. The van der Waals surface area contributed by atoms with E-state index in [2.05, 4.69) is 69.7 Å². The van der Waals surface area contributed by atoms with E-state index in [1.165, 1.54) is 39.2 Å². The molecule has 5 aromatic rings. The van der Waals surface area contributed by atoms with Gasteiger partial charge in [0.1, 0.15) is 46.6 Å². The first kappa shape index (κ1) is 76.0. The maximum absolute atomic E-state index is 13.0. The molecule has 2 aliphatic heterocycles. The van der Waals surface area contributed by atoms with Gasteiger partial charge in [-0.25, -0.2) is 9.97 Å². The zero-order valence-electron chi connectivity index (χ0n) is 59.1. The summed E-state index contributed by atoms with van der Waals surface area (Å²) in [6.45, 7) is 16.7. The summed E-state index contributed by atoms with van der Waals surface area (Å²) in [5.74, 6) is 2.23. The fraction of sp³-hybridized carbons (Fsp3) is 0.657. The Kier molecular flexibility index (Phi) is 30.7. The summed E-state index contributed by atoms with van der Waals surface area (Å²) in [6, 6.07) is 5.42. The number of amides is 2. The minimum Gasteiger partial charge on any atom is -0.497 e. The van der Waals surface area contributed by atoms with Crippen molar-refractivity contribution in [1.29, 1.82) is 0 Å². The van der Waals surface area contributed by atoms with Gasteiger partial charge in [-0.05, 0) is 185 Å². The molecule has 0 spiro atoms. The molecule has 0 radical (unpaired) electrons. The van der Waals surface area contributed by atoms with Gasteiger partial charge in [0.2, 0.25) is 23.7 Å². The van der Waals surface area contributed by atoms with Crippen molar-refractivity contribution in [2.45, 2.75) is 204 Å². The van der Waals surface area contributed by atoms with E-state index in [1.54, 1.807) is 18.1 Å². The number of piperidine rings is 2. The molecular formula is C70H110N22O8. The van der Waals surface area contributed by atoms with Crippen molar-refractivity contribution in [3.8, 4) is 5.75 Å². The van der Waals surface area contributed by atoms with E-state index in [-0.39, 0.29) is 49.6 Å². The third kappa shape index (κ3) is 24.9. The predicted octanol–water partition coefficient (Wildman–Crippen LogP) is 5.48. The molecule has 13 N–H and O–H groups in total. The number of esters is 1. The van der Waals surface area contributed by atoms with E-state index < -0.39 is 24.0 Å². The van der Waals surface area contributed by atoms with Gasteiger partial charge in [-0.15, -0.1) is 10.2 Å². The van der Waals surface area contributed by atoms with Crippen LogP contribution in [-0.4, -0.2) is 211 Å². The van der Waals surface area contributed by atoms with Crippen molar-refractivity contribution < 1.29 is 38.5 Å². The van der Waals surface area contributed by atoms with Crippen LogP contribution in [0.5, 0.6) is 5.75 Å². The second kappa shape index (κ2) is 40.3. The van der Waals surface area contributed by atoms with E-state index in [0.717, 1.165) is 150 Å². The molecule has 100 heavy (non-hydrogen) atoms. The molecule has 0 bridgehead atoms. The lowest BCUT2D eigenvalue weighted by atomic mass is 9.86. The molecule has 1 aromatic carbocycles. The Hall–Kier alpha value is -8.16. The number of carbonyl (C=O) groups is 4. The molecule has 4 aromatic heterocycles. The summed E-state index contributed by atoms with van der Waals surface area (Å²) >= 11 is 0. The van der Waals surface area contributed by atoms with Gasteiger partial charge in [0.05, 0.1) is 57.5 Å². The first-order valence-electron chi connectivity index (χ1n) is 36.4. The summed E-state index contributed by atoms with van der Waals surface area (Å²) in [5, 5.41) is 56.4. The van der Waals surface area contributed by atoms with Crippen LogP contribution in [0.2, 0.25) is 0 Å². The monoisotopic (exact) mass is 1390 g/mol. The van der Waals surface area contributed by atoms with Crippen LogP contribution >= 0.6 is 0 Å². The van der Waals surface area contributed by atoms with Crippen molar-refractivity contribution in [3.63, 3.8) is 0 Å². The number of benzene rings is 1. The van der Waals surface area contributed by atoms with Crippen LogP contribution in [0.25, 0.3) is 17.0 Å². The van der Waals surface area contributed by atoms with Crippen molar-refractivity contribution in [2.75, 3.05) is 108 Å². The Balaban J connectivity index is 0.666. The summed E-state index contributed by atoms with van der Waals surface area (Å²) in [4.78, 5) is 72.1. The lowest BCUT2D eigenvalue weighted by Crippen LogP contribution is -2.43. The summed E-state index contributed by atoms with van der Waals surface area (Å²) in [7, 11) is 2.86. The average Bonchev–Trinajstić information content (AvgIpc) is 0.993. The smallest absolute Gasteiger partial charge is 0.322 e. The SMILES string of the molecule is C=C(/C=C\c1nc(NCc2cn(CCCNCCCNC3CCC(COc4ccc5nc(NCc6cn(CCCNCCCNC7CCCCC7)nn6)nc(NC6CCN(C(=O)CC[C@H](N)C(=O)O)CC6)c5c4)CC3)nn2)nc(NC2CCN(C(=O)CC[C@H](N)C(=O)OC)CC2)c1C)OC. The number of hydrogen-bond donors (Lipinski definition) is 11. The molecule has 2 amide bonds. The van der Waals surface area contributed by atoms with Crippen LogP contribution in [0.1, 0.15) is 157 Å². The van der Waals surface area contributed by atoms with Gasteiger partial charge in [0.25, 0.3) is 0 Å². The van der Waals surface area contributed by atoms with E-state index in [1.807, 2.05) is 57.9 Å². The lowest BCUT2D eigenvalue weighted by Gasteiger charge is -2.33. The Labute approximate surface area is 587 Å². The third-order valence-electron chi connectivity index (χ3n) is 19.4. The maximum atomic E-state index is 13.0. The highest BCUT2D eigenvalue weighted by atomic mass is 16.5. The minimum atomic E-state index is -1.10. The normalized spacial score (nSPS) is 17.9. The number of anilines is 4. The van der Waals surface area contributed by atoms with Gasteiger partial charge in [0.15, 0.2) is 0 Å². The number of nitrogens with two attached hydrogens (primary N) is 2. The number of nitrogens with one attached hydrogen (secondary N) is 8. The van der Waals surface area contributed by atoms with Crippen molar-refractivity contribution >= 4 is 64.3 Å². The molecule has 9 rings (SSSR count). The number of aromatic nitrogens is 10. The van der Waals surface area contributed by atoms with Gasteiger partial charge in [-0.3, -0.25) is 28.5 Å². The van der Waals surface area contributed by atoms with Crippen molar-refractivity contribution in [2.24, 2.45) is 17.4 Å². The van der Waals surface area contributed by atoms with Crippen LogP contribution in [0, 0.1) is 12.8 Å². The number of ether oxygens (including phenoxy) is 3. The fourth-order valence-corrected chi connectivity index (χ4v) is 13.2. The number of carboxylic acids is 1. The quantitative estimate of drug-likeness (QED) is 0.00997. The Bertz CT molecular complexity index is 3390. The van der Waals surface area contributed by atoms with Gasteiger partial charge < -0.3 is 83.1 Å². The number of nitrogens with zero attached hydrogens (tertiary/aromatic N) is 12. The number of carbonyl (C=O) groups excluding carboxylic acids is 3. The van der Waals surface area contributed by atoms with Crippen LogP contribution in [0.15, 0.2) is 49.0 Å². The molecule has 30 nitrogen and oxygen atoms in total. The van der Waals surface area contributed by atoms with Gasteiger partial charge in [-0.1, -0.05) is 36.3 Å². The molecule has 2 aliphatic carbocycles. The predicted molar refractivity (Wildman–Crippen MR) is 385 cm³/mol. The molecule has 6 heterocycles. The standard InChI is InChI=1S/C70H110N22O8/c1-48(98-3)14-22-61-49(2)65(79-53-26-38-90(39-27-53)64(94)25-21-60(72)68(97)99-4)83-69(81-61)77-43-55-45-91(87-85-55)36-11-33-74-31-9-35-76-52-17-15-50(16-18-52)47-100-57-19-23-62-58(42-57)66(80-54-28-40-89(41-29-54)63(93)24-20-59(71)67(95)96)84-70(82-62)78-44-56-46-92(88-86-56)37-10-32-73-30-8-34-75-51-12-6-5-7-13-51/h14,19,22-23,42,45-46,50-54,59-60,73-76H,1,5-13,15-18,20-21,24-41,43-44,47,71-72H2,2-4H3,(H,95,96)(H2,77,79,81,83)(H2,78,80,82,84)/b22-14-/t50?,52?,59-,60-/m0/s1. The molecule has 4 aliphatic rings.